The van der Waals surface area contributed by atoms with Crippen LogP contribution in [-0.4, -0.2) is 9.91 Å². The number of hydrogen-bond donors (Lipinski definition) is 1. The fraction of sp³-hybridized carbons (Fsp3) is 0.333. The SMILES string of the molecule is CC(C)Cc1ccc(C(C)Nc2ccc([N+](=O)[O-])c(C#N)n2)cc1. The monoisotopic (exact) mass is 324 g/mol. The van der Waals surface area contributed by atoms with Crippen molar-refractivity contribution in [3.8, 4) is 6.07 Å². The van der Waals surface area contributed by atoms with Gasteiger partial charge >= 0.3 is 5.69 Å². The van der Waals surface area contributed by atoms with E-state index in [9.17, 15) is 10.1 Å². The molecule has 0 saturated carbocycles. The Morgan fingerprint density at radius 3 is 2.42 bits per heavy atom. The van der Waals surface area contributed by atoms with Gasteiger partial charge in [0.15, 0.2) is 0 Å². The first-order valence-electron chi connectivity index (χ1n) is 7.81. The minimum Gasteiger partial charge on any atom is -0.364 e. The molecule has 24 heavy (non-hydrogen) atoms. The highest BCUT2D eigenvalue weighted by molar-refractivity contribution is 5.51. The zero-order valence-electron chi connectivity index (χ0n) is 14.0. The van der Waals surface area contributed by atoms with Crippen LogP contribution < -0.4 is 5.32 Å². The van der Waals surface area contributed by atoms with Crippen molar-refractivity contribution < 1.29 is 4.92 Å². The predicted molar refractivity (Wildman–Crippen MR) is 92.6 cm³/mol. The molecule has 0 bridgehead atoms. The molecule has 0 radical (unpaired) electrons. The summed E-state index contributed by atoms with van der Waals surface area (Å²) in [7, 11) is 0. The average molecular weight is 324 g/mol. The molecule has 1 atom stereocenters. The second-order valence-corrected chi connectivity index (χ2v) is 6.14. The molecule has 124 valence electrons. The highest BCUT2D eigenvalue weighted by atomic mass is 16.6. The second kappa shape index (κ2) is 7.55. The lowest BCUT2D eigenvalue weighted by Crippen LogP contribution is -2.09. The van der Waals surface area contributed by atoms with Gasteiger partial charge in [-0.15, -0.1) is 0 Å². The van der Waals surface area contributed by atoms with Crippen molar-refractivity contribution in [1.82, 2.24) is 4.98 Å². The van der Waals surface area contributed by atoms with Gasteiger partial charge < -0.3 is 5.32 Å². The van der Waals surface area contributed by atoms with Crippen molar-refractivity contribution in [1.29, 1.82) is 5.26 Å². The van der Waals surface area contributed by atoms with Crippen molar-refractivity contribution in [3.05, 3.63) is 63.3 Å². The van der Waals surface area contributed by atoms with Gasteiger partial charge in [-0.05, 0) is 36.5 Å². The molecule has 6 heteroatoms. The molecule has 0 saturated heterocycles. The molecule has 0 aliphatic carbocycles. The molecule has 0 aliphatic heterocycles. The van der Waals surface area contributed by atoms with Gasteiger partial charge in [-0.1, -0.05) is 38.1 Å². The minimum absolute atomic E-state index is 0.0291. The van der Waals surface area contributed by atoms with Gasteiger partial charge in [0.05, 0.1) is 4.92 Å². The van der Waals surface area contributed by atoms with Crippen molar-refractivity contribution in [2.75, 3.05) is 5.32 Å². The quantitative estimate of drug-likeness (QED) is 0.634. The molecule has 0 aliphatic rings. The van der Waals surface area contributed by atoms with Crippen LogP contribution in [0.5, 0.6) is 0 Å². The zero-order valence-corrected chi connectivity index (χ0v) is 14.0. The molecular formula is C18H20N4O2. The summed E-state index contributed by atoms with van der Waals surface area (Å²) in [6.07, 6.45) is 1.04. The molecule has 1 N–H and O–H groups in total. The molecule has 1 aromatic carbocycles. The van der Waals surface area contributed by atoms with Crippen LogP contribution in [0.1, 0.15) is 43.6 Å². The number of benzene rings is 1. The lowest BCUT2D eigenvalue weighted by molar-refractivity contribution is -0.385. The van der Waals surface area contributed by atoms with Crippen molar-refractivity contribution in [2.45, 2.75) is 33.2 Å². The van der Waals surface area contributed by atoms with Gasteiger partial charge in [-0.2, -0.15) is 5.26 Å². The molecule has 0 amide bonds. The van der Waals surface area contributed by atoms with E-state index in [-0.39, 0.29) is 17.4 Å². The number of aromatic nitrogens is 1. The lowest BCUT2D eigenvalue weighted by atomic mass is 10.00. The van der Waals surface area contributed by atoms with Crippen LogP contribution in [0.25, 0.3) is 0 Å². The van der Waals surface area contributed by atoms with Crippen LogP contribution in [0.4, 0.5) is 11.5 Å². The maximum atomic E-state index is 10.8. The van der Waals surface area contributed by atoms with E-state index >= 15 is 0 Å². The van der Waals surface area contributed by atoms with E-state index in [0.29, 0.717) is 11.7 Å². The Bertz CT molecular complexity index is 764. The summed E-state index contributed by atoms with van der Waals surface area (Å²) in [5.41, 5.74) is 1.90. The molecule has 1 heterocycles. The molecule has 0 spiro atoms. The van der Waals surface area contributed by atoms with Gasteiger partial charge in [0.2, 0.25) is 5.69 Å². The molecule has 1 aromatic heterocycles. The van der Waals surface area contributed by atoms with Gasteiger partial charge in [0, 0.05) is 12.1 Å². The van der Waals surface area contributed by atoms with E-state index in [1.807, 2.05) is 6.92 Å². The normalized spacial score (nSPS) is 11.8. The molecule has 1 unspecified atom stereocenters. The molecule has 2 aromatic rings. The summed E-state index contributed by atoms with van der Waals surface area (Å²) < 4.78 is 0. The number of pyridine rings is 1. The number of rotatable bonds is 6. The maximum Gasteiger partial charge on any atom is 0.305 e. The Labute approximate surface area is 141 Å². The summed E-state index contributed by atoms with van der Waals surface area (Å²) in [6.45, 7) is 6.35. The summed E-state index contributed by atoms with van der Waals surface area (Å²) in [4.78, 5) is 14.3. The van der Waals surface area contributed by atoms with Crippen molar-refractivity contribution >= 4 is 11.5 Å². The highest BCUT2D eigenvalue weighted by Crippen LogP contribution is 2.22. The highest BCUT2D eigenvalue weighted by Gasteiger charge is 2.16. The fourth-order valence-corrected chi connectivity index (χ4v) is 2.48. The minimum atomic E-state index is -0.605. The maximum absolute atomic E-state index is 10.8. The van der Waals surface area contributed by atoms with Crippen LogP contribution in [0.15, 0.2) is 36.4 Å². The average Bonchev–Trinajstić information content (AvgIpc) is 2.54. The van der Waals surface area contributed by atoms with Crippen LogP contribution in [0.2, 0.25) is 0 Å². The van der Waals surface area contributed by atoms with Crippen LogP contribution in [0.3, 0.4) is 0 Å². The molecule has 0 fully saturated rings. The number of nitro groups is 1. The Hall–Kier alpha value is -2.94. The first-order chi connectivity index (χ1) is 11.4. The number of hydrogen-bond acceptors (Lipinski definition) is 5. The van der Waals surface area contributed by atoms with Gasteiger partial charge in [0.25, 0.3) is 0 Å². The Morgan fingerprint density at radius 1 is 1.21 bits per heavy atom. The summed E-state index contributed by atoms with van der Waals surface area (Å²) >= 11 is 0. The smallest absolute Gasteiger partial charge is 0.305 e. The van der Waals surface area contributed by atoms with E-state index in [0.717, 1.165) is 12.0 Å². The van der Waals surface area contributed by atoms with Crippen LogP contribution in [0, 0.1) is 27.4 Å². The van der Waals surface area contributed by atoms with Crippen molar-refractivity contribution in [2.24, 2.45) is 5.92 Å². The fourth-order valence-electron chi connectivity index (χ4n) is 2.48. The first kappa shape index (κ1) is 17.4. The summed E-state index contributed by atoms with van der Waals surface area (Å²) in [6, 6.07) is 12.9. The van der Waals surface area contributed by atoms with E-state index in [1.54, 1.807) is 6.07 Å². The van der Waals surface area contributed by atoms with E-state index < -0.39 is 4.92 Å². The summed E-state index contributed by atoms with van der Waals surface area (Å²) in [5, 5.41) is 23.0. The number of nitrogens with one attached hydrogen (secondary N) is 1. The molecular weight excluding hydrogens is 304 g/mol. The Balaban J connectivity index is 2.13. The number of nitrogens with zero attached hydrogens (tertiary/aromatic N) is 3. The van der Waals surface area contributed by atoms with Gasteiger partial charge in [0.1, 0.15) is 11.9 Å². The second-order valence-electron chi connectivity index (χ2n) is 6.14. The first-order valence-corrected chi connectivity index (χ1v) is 7.81. The predicted octanol–water partition coefficient (Wildman–Crippen LogP) is 4.23. The number of anilines is 1. The third-order valence-electron chi connectivity index (χ3n) is 3.66. The lowest BCUT2D eigenvalue weighted by Gasteiger charge is -2.16. The van der Waals surface area contributed by atoms with Gasteiger partial charge in [-0.25, -0.2) is 4.98 Å². The topological polar surface area (TPSA) is 91.9 Å². The third kappa shape index (κ3) is 4.29. The van der Waals surface area contributed by atoms with E-state index in [4.69, 9.17) is 5.26 Å². The zero-order chi connectivity index (χ0) is 17.7. The van der Waals surface area contributed by atoms with Crippen LogP contribution >= 0.6 is 0 Å². The Morgan fingerprint density at radius 2 is 1.88 bits per heavy atom. The molecule has 6 nitrogen and oxygen atoms in total. The van der Waals surface area contributed by atoms with Gasteiger partial charge in [-0.3, -0.25) is 10.1 Å². The van der Waals surface area contributed by atoms with E-state index in [1.165, 1.54) is 17.7 Å². The molecule has 2 rings (SSSR count). The van der Waals surface area contributed by atoms with E-state index in [2.05, 4.69) is 48.4 Å². The summed E-state index contributed by atoms with van der Waals surface area (Å²) in [5.74, 6) is 1.05. The Kier molecular flexibility index (Phi) is 5.48. The largest absolute Gasteiger partial charge is 0.364 e. The third-order valence-corrected chi connectivity index (χ3v) is 3.66. The van der Waals surface area contributed by atoms with Crippen LogP contribution in [-0.2, 0) is 6.42 Å². The van der Waals surface area contributed by atoms with Crippen molar-refractivity contribution in [3.63, 3.8) is 0 Å². The standard InChI is InChI=1S/C18H20N4O2/c1-12(2)10-14-4-6-15(7-5-14)13(3)20-18-9-8-17(22(23)24)16(11-19)21-18/h4-9,12-13H,10H2,1-3H3,(H,20,21). The number of nitriles is 1.